The van der Waals surface area contributed by atoms with Crippen molar-refractivity contribution in [3.8, 4) is 0 Å². The van der Waals surface area contributed by atoms with E-state index in [-0.39, 0.29) is 5.91 Å². The predicted octanol–water partition coefficient (Wildman–Crippen LogP) is 1.11. The Bertz CT molecular complexity index is 441. The number of nitrogens with zero attached hydrogens (tertiary/aromatic N) is 2. The fraction of sp³-hybridized carbons (Fsp3) is 0.562. The van der Waals surface area contributed by atoms with Crippen molar-refractivity contribution in [1.29, 1.82) is 0 Å². The van der Waals surface area contributed by atoms with E-state index in [0.717, 1.165) is 39.1 Å². The average Bonchev–Trinajstić information content (AvgIpc) is 2.48. The van der Waals surface area contributed by atoms with Crippen molar-refractivity contribution in [3.63, 3.8) is 0 Å². The van der Waals surface area contributed by atoms with Crippen LogP contribution in [0.4, 0.5) is 0 Å². The van der Waals surface area contributed by atoms with Gasteiger partial charge in [0.1, 0.15) is 0 Å². The summed E-state index contributed by atoms with van der Waals surface area (Å²) >= 11 is 0. The minimum absolute atomic E-state index is 0.239. The highest BCUT2D eigenvalue weighted by Crippen LogP contribution is 2.11. The maximum atomic E-state index is 12.2. The van der Waals surface area contributed by atoms with Gasteiger partial charge in [0.2, 0.25) is 5.91 Å². The summed E-state index contributed by atoms with van der Waals surface area (Å²) in [5.74, 6) is 0.239. The summed E-state index contributed by atoms with van der Waals surface area (Å²) in [6, 6.07) is 8.47. The van der Waals surface area contributed by atoms with E-state index in [9.17, 15) is 4.79 Å². The van der Waals surface area contributed by atoms with Crippen molar-refractivity contribution in [2.75, 3.05) is 39.8 Å². The zero-order valence-electron chi connectivity index (χ0n) is 12.6. The van der Waals surface area contributed by atoms with Crippen LogP contribution >= 0.6 is 0 Å². The molecule has 0 spiro atoms. The summed E-state index contributed by atoms with van der Waals surface area (Å²) in [4.78, 5) is 16.3. The molecule has 0 unspecified atom stereocenters. The summed E-state index contributed by atoms with van der Waals surface area (Å²) in [6.45, 7) is 6.99. The monoisotopic (exact) mass is 275 g/mol. The number of nitrogens with one attached hydrogen (secondary N) is 1. The van der Waals surface area contributed by atoms with Gasteiger partial charge in [-0.05, 0) is 24.6 Å². The molecule has 0 bridgehead atoms. The number of amides is 1. The second-order valence-corrected chi connectivity index (χ2v) is 5.43. The Morgan fingerprint density at radius 1 is 1.25 bits per heavy atom. The Morgan fingerprint density at radius 2 is 1.90 bits per heavy atom. The highest BCUT2D eigenvalue weighted by atomic mass is 16.2. The number of carbonyl (C=O) groups is 1. The molecule has 1 N–H and O–H groups in total. The first-order chi connectivity index (χ1) is 9.70. The molecule has 20 heavy (non-hydrogen) atoms. The van der Waals surface area contributed by atoms with Gasteiger partial charge in [0, 0.05) is 32.7 Å². The van der Waals surface area contributed by atoms with Gasteiger partial charge >= 0.3 is 0 Å². The van der Waals surface area contributed by atoms with Crippen LogP contribution in [0.25, 0.3) is 0 Å². The van der Waals surface area contributed by atoms with Gasteiger partial charge in [0.15, 0.2) is 0 Å². The topological polar surface area (TPSA) is 35.6 Å². The van der Waals surface area contributed by atoms with Crippen molar-refractivity contribution < 1.29 is 4.79 Å². The second-order valence-electron chi connectivity index (χ2n) is 5.43. The SMILES string of the molecule is CCc1ccccc1CN(C)CC(=O)N1CCNCC1. The Hall–Kier alpha value is -1.39. The first kappa shape index (κ1) is 15.0. The smallest absolute Gasteiger partial charge is 0.236 e. The van der Waals surface area contributed by atoms with Gasteiger partial charge in [0.05, 0.1) is 6.54 Å². The van der Waals surface area contributed by atoms with Gasteiger partial charge in [-0.25, -0.2) is 0 Å². The molecule has 1 aliphatic rings. The first-order valence-electron chi connectivity index (χ1n) is 7.44. The van der Waals surface area contributed by atoms with E-state index in [4.69, 9.17) is 0 Å². The maximum absolute atomic E-state index is 12.2. The lowest BCUT2D eigenvalue weighted by molar-refractivity contribution is -0.132. The fourth-order valence-electron chi connectivity index (χ4n) is 2.65. The summed E-state index contributed by atoms with van der Waals surface area (Å²) < 4.78 is 0. The predicted molar refractivity (Wildman–Crippen MR) is 81.6 cm³/mol. The molecular formula is C16H25N3O. The minimum atomic E-state index is 0.239. The number of carbonyl (C=O) groups excluding carboxylic acids is 1. The molecule has 1 heterocycles. The van der Waals surface area contributed by atoms with Crippen LogP contribution in [0.1, 0.15) is 18.1 Å². The molecule has 2 rings (SSSR count). The standard InChI is InChI=1S/C16H25N3O/c1-3-14-6-4-5-7-15(14)12-18(2)13-16(20)19-10-8-17-9-11-19/h4-7,17H,3,8-13H2,1-2H3. The maximum Gasteiger partial charge on any atom is 0.236 e. The Labute approximate surface area is 121 Å². The van der Waals surface area contributed by atoms with Crippen molar-refractivity contribution in [3.05, 3.63) is 35.4 Å². The zero-order valence-corrected chi connectivity index (χ0v) is 12.6. The van der Waals surface area contributed by atoms with Gasteiger partial charge in [-0.2, -0.15) is 0 Å². The quantitative estimate of drug-likeness (QED) is 0.874. The molecule has 1 fully saturated rings. The number of hydrogen-bond donors (Lipinski definition) is 1. The second kappa shape index (κ2) is 7.41. The normalized spacial score (nSPS) is 15.7. The van der Waals surface area contributed by atoms with Crippen molar-refractivity contribution in [2.45, 2.75) is 19.9 Å². The number of piperazine rings is 1. The molecular weight excluding hydrogens is 250 g/mol. The highest BCUT2D eigenvalue weighted by molar-refractivity contribution is 5.78. The number of rotatable bonds is 5. The summed E-state index contributed by atoms with van der Waals surface area (Å²) in [6.07, 6.45) is 1.04. The number of likely N-dealkylation sites (N-methyl/N-ethyl adjacent to an activating group) is 1. The molecule has 0 aromatic heterocycles. The van der Waals surface area contributed by atoms with E-state index in [1.165, 1.54) is 11.1 Å². The van der Waals surface area contributed by atoms with Gasteiger partial charge in [-0.1, -0.05) is 31.2 Å². The van der Waals surface area contributed by atoms with E-state index in [1.54, 1.807) is 0 Å². The van der Waals surface area contributed by atoms with Gasteiger partial charge in [0.25, 0.3) is 0 Å². The zero-order chi connectivity index (χ0) is 14.4. The van der Waals surface area contributed by atoms with Crippen LogP contribution in [0.5, 0.6) is 0 Å². The van der Waals surface area contributed by atoms with Crippen molar-refractivity contribution in [2.24, 2.45) is 0 Å². The third-order valence-corrected chi connectivity index (χ3v) is 3.81. The third kappa shape index (κ3) is 4.05. The average molecular weight is 275 g/mol. The molecule has 1 aliphatic heterocycles. The molecule has 4 heteroatoms. The van der Waals surface area contributed by atoms with Crippen LogP contribution in [0.15, 0.2) is 24.3 Å². The number of benzene rings is 1. The Balaban J connectivity index is 1.88. The van der Waals surface area contributed by atoms with E-state index in [0.29, 0.717) is 6.54 Å². The van der Waals surface area contributed by atoms with Crippen molar-refractivity contribution >= 4 is 5.91 Å². The fourth-order valence-corrected chi connectivity index (χ4v) is 2.65. The lowest BCUT2D eigenvalue weighted by Gasteiger charge is -2.29. The third-order valence-electron chi connectivity index (χ3n) is 3.81. The molecule has 1 amide bonds. The summed E-state index contributed by atoms with van der Waals surface area (Å²) in [5.41, 5.74) is 2.69. The van der Waals surface area contributed by atoms with Crippen LogP contribution in [0.2, 0.25) is 0 Å². The molecule has 4 nitrogen and oxygen atoms in total. The highest BCUT2D eigenvalue weighted by Gasteiger charge is 2.17. The largest absolute Gasteiger partial charge is 0.339 e. The Morgan fingerprint density at radius 3 is 2.55 bits per heavy atom. The molecule has 0 radical (unpaired) electrons. The van der Waals surface area contributed by atoms with Crippen LogP contribution in [-0.4, -0.2) is 55.5 Å². The number of aryl methyl sites for hydroxylation is 1. The number of hydrogen-bond acceptors (Lipinski definition) is 3. The van der Waals surface area contributed by atoms with Gasteiger partial charge < -0.3 is 10.2 Å². The van der Waals surface area contributed by atoms with E-state index >= 15 is 0 Å². The van der Waals surface area contributed by atoms with Gasteiger partial charge in [-0.3, -0.25) is 9.69 Å². The van der Waals surface area contributed by atoms with E-state index in [2.05, 4.69) is 41.4 Å². The van der Waals surface area contributed by atoms with Gasteiger partial charge in [-0.15, -0.1) is 0 Å². The lowest BCUT2D eigenvalue weighted by atomic mass is 10.1. The van der Waals surface area contributed by atoms with Crippen LogP contribution < -0.4 is 5.32 Å². The minimum Gasteiger partial charge on any atom is -0.339 e. The molecule has 1 aromatic carbocycles. The Kier molecular flexibility index (Phi) is 5.56. The molecule has 0 aliphatic carbocycles. The van der Waals surface area contributed by atoms with E-state index < -0.39 is 0 Å². The summed E-state index contributed by atoms with van der Waals surface area (Å²) in [7, 11) is 2.02. The van der Waals surface area contributed by atoms with Crippen LogP contribution in [-0.2, 0) is 17.8 Å². The lowest BCUT2D eigenvalue weighted by Crippen LogP contribution is -2.49. The summed E-state index contributed by atoms with van der Waals surface area (Å²) in [5, 5.41) is 3.27. The van der Waals surface area contributed by atoms with Crippen LogP contribution in [0.3, 0.4) is 0 Å². The first-order valence-corrected chi connectivity index (χ1v) is 7.44. The van der Waals surface area contributed by atoms with Crippen LogP contribution in [0, 0.1) is 0 Å². The molecule has 0 saturated carbocycles. The van der Waals surface area contributed by atoms with E-state index in [1.807, 2.05) is 11.9 Å². The molecule has 0 atom stereocenters. The van der Waals surface area contributed by atoms with Crippen molar-refractivity contribution in [1.82, 2.24) is 15.1 Å². The molecule has 1 saturated heterocycles. The molecule has 1 aromatic rings. The molecule has 110 valence electrons.